The second-order valence-corrected chi connectivity index (χ2v) is 6.34. The Kier molecular flexibility index (Phi) is 3.83. The van der Waals surface area contributed by atoms with Crippen LogP contribution in [0.5, 0.6) is 5.75 Å². The first-order valence-electron chi connectivity index (χ1n) is 6.96. The van der Waals surface area contributed by atoms with Crippen molar-refractivity contribution >= 4 is 29.1 Å². The van der Waals surface area contributed by atoms with Crippen LogP contribution in [0.4, 0.5) is 0 Å². The summed E-state index contributed by atoms with van der Waals surface area (Å²) < 4.78 is 6.24. The SMILES string of the molecule is O=C(CCl)N[C@H]1CC2(CCCC2)Oc2ccc(Cl)cc21. The molecule has 20 heavy (non-hydrogen) atoms. The van der Waals surface area contributed by atoms with Crippen LogP contribution in [0, 0.1) is 0 Å². The number of alkyl halides is 1. The summed E-state index contributed by atoms with van der Waals surface area (Å²) in [5.41, 5.74) is 0.818. The highest BCUT2D eigenvalue weighted by molar-refractivity contribution is 6.30. The van der Waals surface area contributed by atoms with Gasteiger partial charge in [-0.2, -0.15) is 0 Å². The van der Waals surface area contributed by atoms with E-state index in [1.807, 2.05) is 18.2 Å². The van der Waals surface area contributed by atoms with Crippen LogP contribution in [0.25, 0.3) is 0 Å². The first kappa shape index (κ1) is 14.0. The van der Waals surface area contributed by atoms with Crippen molar-refractivity contribution in [2.45, 2.75) is 43.7 Å². The number of benzene rings is 1. The van der Waals surface area contributed by atoms with Crippen LogP contribution in [-0.2, 0) is 4.79 Å². The minimum Gasteiger partial charge on any atom is -0.487 e. The van der Waals surface area contributed by atoms with Gasteiger partial charge in [-0.05, 0) is 43.9 Å². The minimum absolute atomic E-state index is 0.0275. The Balaban J connectivity index is 1.94. The Morgan fingerprint density at radius 1 is 1.40 bits per heavy atom. The van der Waals surface area contributed by atoms with Crippen molar-refractivity contribution in [2.75, 3.05) is 5.88 Å². The molecule has 1 spiro atoms. The van der Waals surface area contributed by atoms with Crippen LogP contribution in [0.2, 0.25) is 5.02 Å². The van der Waals surface area contributed by atoms with E-state index in [1.165, 1.54) is 12.8 Å². The monoisotopic (exact) mass is 313 g/mol. The molecule has 0 saturated heterocycles. The Hall–Kier alpha value is -0.930. The summed E-state index contributed by atoms with van der Waals surface area (Å²) in [6, 6.07) is 5.53. The normalized spacial score (nSPS) is 23.2. The van der Waals surface area contributed by atoms with Crippen LogP contribution in [0.1, 0.15) is 43.7 Å². The van der Waals surface area contributed by atoms with Crippen LogP contribution < -0.4 is 10.1 Å². The average molecular weight is 314 g/mol. The maximum atomic E-state index is 11.7. The van der Waals surface area contributed by atoms with Gasteiger partial charge in [-0.3, -0.25) is 4.79 Å². The van der Waals surface area contributed by atoms with E-state index >= 15 is 0 Å². The van der Waals surface area contributed by atoms with E-state index < -0.39 is 0 Å². The lowest BCUT2D eigenvalue weighted by Gasteiger charge is -2.40. The molecule has 0 unspecified atom stereocenters. The molecule has 0 radical (unpaired) electrons. The van der Waals surface area contributed by atoms with Gasteiger partial charge < -0.3 is 10.1 Å². The van der Waals surface area contributed by atoms with Crippen LogP contribution >= 0.6 is 23.2 Å². The summed E-state index contributed by atoms with van der Waals surface area (Å²) in [6.07, 6.45) is 5.24. The third-order valence-corrected chi connectivity index (χ3v) is 4.70. The molecule has 1 aromatic carbocycles. The fourth-order valence-corrected chi connectivity index (χ4v) is 3.59. The number of nitrogens with one attached hydrogen (secondary N) is 1. The molecule has 1 N–H and O–H groups in total. The fraction of sp³-hybridized carbons (Fsp3) is 0.533. The molecule has 1 heterocycles. The zero-order valence-corrected chi connectivity index (χ0v) is 12.6. The molecule has 1 aliphatic carbocycles. The molecule has 3 rings (SSSR count). The Bertz CT molecular complexity index is 527. The predicted molar refractivity (Wildman–Crippen MR) is 79.5 cm³/mol. The fourth-order valence-electron chi connectivity index (χ4n) is 3.33. The smallest absolute Gasteiger partial charge is 0.235 e. The van der Waals surface area contributed by atoms with E-state index in [2.05, 4.69) is 5.32 Å². The first-order valence-corrected chi connectivity index (χ1v) is 7.87. The molecular formula is C15H17Cl2NO2. The molecule has 1 atom stereocenters. The quantitative estimate of drug-likeness (QED) is 0.843. The van der Waals surface area contributed by atoms with E-state index in [4.69, 9.17) is 27.9 Å². The van der Waals surface area contributed by atoms with Crippen LogP contribution in [0.3, 0.4) is 0 Å². The van der Waals surface area contributed by atoms with E-state index in [-0.39, 0.29) is 23.4 Å². The standard InChI is InChI=1S/C15H17Cl2NO2/c16-9-14(19)18-12-8-15(5-1-2-6-15)20-13-4-3-10(17)7-11(12)13/h3-4,7,12H,1-2,5-6,8-9H2,(H,18,19)/t12-/m0/s1. The Labute approximate surface area is 128 Å². The van der Waals surface area contributed by atoms with Crippen molar-refractivity contribution in [3.63, 3.8) is 0 Å². The topological polar surface area (TPSA) is 38.3 Å². The third kappa shape index (κ3) is 2.61. The van der Waals surface area contributed by atoms with Gasteiger partial charge in [-0.15, -0.1) is 11.6 Å². The zero-order valence-electron chi connectivity index (χ0n) is 11.1. The van der Waals surface area contributed by atoms with Gasteiger partial charge in [0.1, 0.15) is 17.2 Å². The maximum Gasteiger partial charge on any atom is 0.235 e. The number of hydrogen-bond donors (Lipinski definition) is 1. The summed E-state index contributed by atoms with van der Waals surface area (Å²) in [6.45, 7) is 0. The van der Waals surface area contributed by atoms with Crippen LogP contribution in [0.15, 0.2) is 18.2 Å². The number of halogens is 2. The zero-order chi connectivity index (χ0) is 14.2. The number of ether oxygens (including phenoxy) is 1. The summed E-state index contributed by atoms with van der Waals surface area (Å²) in [7, 11) is 0. The molecule has 3 nitrogen and oxygen atoms in total. The molecule has 0 aromatic heterocycles. The van der Waals surface area contributed by atoms with Gasteiger partial charge in [0, 0.05) is 17.0 Å². The van der Waals surface area contributed by atoms with Gasteiger partial charge in [0.25, 0.3) is 0 Å². The molecule has 1 aliphatic heterocycles. The lowest BCUT2D eigenvalue weighted by Crippen LogP contribution is -2.43. The second-order valence-electron chi connectivity index (χ2n) is 5.63. The Morgan fingerprint density at radius 3 is 2.85 bits per heavy atom. The van der Waals surface area contributed by atoms with Crippen molar-refractivity contribution < 1.29 is 9.53 Å². The summed E-state index contributed by atoms with van der Waals surface area (Å²) in [5, 5.41) is 3.65. The van der Waals surface area contributed by atoms with Gasteiger partial charge in [-0.1, -0.05) is 11.6 Å². The van der Waals surface area contributed by atoms with Gasteiger partial charge >= 0.3 is 0 Å². The number of amides is 1. The van der Waals surface area contributed by atoms with Gasteiger partial charge in [0.2, 0.25) is 5.91 Å². The van der Waals surface area contributed by atoms with E-state index in [9.17, 15) is 4.79 Å². The minimum atomic E-state index is -0.155. The molecule has 5 heteroatoms. The molecule has 1 aromatic rings. The maximum absolute atomic E-state index is 11.7. The predicted octanol–water partition coefficient (Wildman–Crippen LogP) is 3.83. The Morgan fingerprint density at radius 2 is 2.15 bits per heavy atom. The number of carbonyl (C=O) groups excluding carboxylic acids is 1. The van der Waals surface area contributed by atoms with Gasteiger partial charge in [0.05, 0.1) is 6.04 Å². The highest BCUT2D eigenvalue weighted by Crippen LogP contribution is 2.47. The van der Waals surface area contributed by atoms with Crippen molar-refractivity contribution in [3.8, 4) is 5.75 Å². The summed E-state index contributed by atoms with van der Waals surface area (Å²) in [4.78, 5) is 11.7. The second kappa shape index (κ2) is 5.45. The molecular weight excluding hydrogens is 297 g/mol. The summed E-state index contributed by atoms with van der Waals surface area (Å²) in [5.74, 6) is 0.653. The lowest BCUT2D eigenvalue weighted by atomic mass is 9.86. The first-order chi connectivity index (χ1) is 9.62. The highest BCUT2D eigenvalue weighted by Gasteiger charge is 2.43. The van der Waals surface area contributed by atoms with Crippen LogP contribution in [-0.4, -0.2) is 17.4 Å². The number of carbonyl (C=O) groups is 1. The molecule has 108 valence electrons. The van der Waals surface area contributed by atoms with E-state index in [1.54, 1.807) is 0 Å². The summed E-state index contributed by atoms with van der Waals surface area (Å²) >= 11 is 11.7. The van der Waals surface area contributed by atoms with Crippen molar-refractivity contribution in [1.29, 1.82) is 0 Å². The van der Waals surface area contributed by atoms with Gasteiger partial charge in [0.15, 0.2) is 0 Å². The van der Waals surface area contributed by atoms with Crippen molar-refractivity contribution in [3.05, 3.63) is 28.8 Å². The molecule has 1 amide bonds. The van der Waals surface area contributed by atoms with E-state index in [0.717, 1.165) is 30.6 Å². The molecule has 1 fully saturated rings. The third-order valence-electron chi connectivity index (χ3n) is 4.22. The molecule has 1 saturated carbocycles. The van der Waals surface area contributed by atoms with Crippen molar-refractivity contribution in [2.24, 2.45) is 0 Å². The number of fused-ring (bicyclic) bond motifs is 1. The van der Waals surface area contributed by atoms with Crippen molar-refractivity contribution in [1.82, 2.24) is 5.32 Å². The number of rotatable bonds is 2. The van der Waals surface area contributed by atoms with E-state index in [0.29, 0.717) is 5.02 Å². The molecule has 0 bridgehead atoms. The largest absolute Gasteiger partial charge is 0.487 e. The average Bonchev–Trinajstić information content (AvgIpc) is 2.87. The molecule has 2 aliphatic rings. The lowest BCUT2D eigenvalue weighted by molar-refractivity contribution is -0.120. The number of hydrogen-bond acceptors (Lipinski definition) is 2. The highest BCUT2D eigenvalue weighted by atomic mass is 35.5. The van der Waals surface area contributed by atoms with Gasteiger partial charge in [-0.25, -0.2) is 0 Å².